The summed E-state index contributed by atoms with van der Waals surface area (Å²) in [7, 11) is 0. The minimum atomic E-state index is -0.584. The van der Waals surface area contributed by atoms with E-state index in [2.05, 4.69) is 4.98 Å². The molecule has 1 aromatic heterocycles. The molecule has 0 aromatic carbocycles. The summed E-state index contributed by atoms with van der Waals surface area (Å²) < 4.78 is 5.36. The molecule has 0 aliphatic heterocycles. The Morgan fingerprint density at radius 2 is 2.29 bits per heavy atom. The van der Waals surface area contributed by atoms with Crippen LogP contribution in [0.1, 0.15) is 31.2 Å². The SMILES string of the molecule is N[C@H](Cc1cccnc1)C(=O)OC1CCCC1. The van der Waals surface area contributed by atoms with E-state index in [1.165, 1.54) is 0 Å². The van der Waals surface area contributed by atoms with E-state index in [0.717, 1.165) is 31.2 Å². The van der Waals surface area contributed by atoms with Crippen LogP contribution in [0.2, 0.25) is 0 Å². The van der Waals surface area contributed by atoms with Crippen molar-refractivity contribution >= 4 is 5.97 Å². The Morgan fingerprint density at radius 1 is 1.53 bits per heavy atom. The molecule has 4 heteroatoms. The van der Waals surface area contributed by atoms with Gasteiger partial charge in [0.05, 0.1) is 0 Å². The number of hydrogen-bond donors (Lipinski definition) is 1. The Hall–Kier alpha value is -1.42. The van der Waals surface area contributed by atoms with E-state index in [0.29, 0.717) is 6.42 Å². The summed E-state index contributed by atoms with van der Waals surface area (Å²) in [6, 6.07) is 3.17. The fourth-order valence-corrected chi connectivity index (χ4v) is 2.11. The van der Waals surface area contributed by atoms with Crippen LogP contribution in [0, 0.1) is 0 Å². The number of aromatic nitrogens is 1. The van der Waals surface area contributed by atoms with Crippen LogP contribution in [0.3, 0.4) is 0 Å². The number of rotatable bonds is 4. The van der Waals surface area contributed by atoms with E-state index >= 15 is 0 Å². The predicted octanol–water partition coefficient (Wildman–Crippen LogP) is 1.44. The fraction of sp³-hybridized carbons (Fsp3) is 0.538. The summed E-state index contributed by atoms with van der Waals surface area (Å²) in [5, 5.41) is 0. The van der Waals surface area contributed by atoms with Gasteiger partial charge in [-0.1, -0.05) is 6.07 Å². The Bertz CT molecular complexity index is 361. The minimum Gasteiger partial charge on any atom is -0.461 e. The first kappa shape index (κ1) is 12.0. The molecule has 0 amide bonds. The molecule has 92 valence electrons. The summed E-state index contributed by atoms with van der Waals surface area (Å²) >= 11 is 0. The van der Waals surface area contributed by atoms with Crippen LogP contribution in [0.25, 0.3) is 0 Å². The van der Waals surface area contributed by atoms with Crippen LogP contribution >= 0.6 is 0 Å². The van der Waals surface area contributed by atoms with Gasteiger partial charge in [0.25, 0.3) is 0 Å². The second-order valence-corrected chi connectivity index (χ2v) is 4.52. The molecule has 1 aliphatic carbocycles. The van der Waals surface area contributed by atoms with E-state index in [1.54, 1.807) is 12.4 Å². The smallest absolute Gasteiger partial charge is 0.323 e. The monoisotopic (exact) mass is 234 g/mol. The van der Waals surface area contributed by atoms with Crippen molar-refractivity contribution in [3.8, 4) is 0 Å². The maximum Gasteiger partial charge on any atom is 0.323 e. The lowest BCUT2D eigenvalue weighted by Crippen LogP contribution is -2.36. The Morgan fingerprint density at radius 3 is 2.94 bits per heavy atom. The van der Waals surface area contributed by atoms with Gasteiger partial charge < -0.3 is 10.5 Å². The third-order valence-electron chi connectivity index (χ3n) is 3.07. The molecule has 0 spiro atoms. The predicted molar refractivity (Wildman–Crippen MR) is 64.3 cm³/mol. The first-order valence-corrected chi connectivity index (χ1v) is 6.10. The lowest BCUT2D eigenvalue weighted by molar-refractivity contribution is -0.150. The summed E-state index contributed by atoms with van der Waals surface area (Å²) in [6.07, 6.45) is 8.25. The fourth-order valence-electron chi connectivity index (χ4n) is 2.11. The normalized spacial score (nSPS) is 17.9. The second kappa shape index (κ2) is 5.77. The van der Waals surface area contributed by atoms with Gasteiger partial charge in [-0.15, -0.1) is 0 Å². The van der Waals surface area contributed by atoms with Crippen LogP contribution in [0.15, 0.2) is 24.5 Å². The molecular weight excluding hydrogens is 216 g/mol. The maximum atomic E-state index is 11.7. The highest BCUT2D eigenvalue weighted by Gasteiger charge is 2.23. The summed E-state index contributed by atoms with van der Waals surface area (Å²) in [5.74, 6) is -0.291. The van der Waals surface area contributed by atoms with Crippen molar-refractivity contribution < 1.29 is 9.53 Å². The number of nitrogens with zero attached hydrogens (tertiary/aromatic N) is 1. The molecule has 2 N–H and O–H groups in total. The van der Waals surface area contributed by atoms with Crippen LogP contribution in [0.4, 0.5) is 0 Å². The van der Waals surface area contributed by atoms with Gasteiger partial charge in [-0.2, -0.15) is 0 Å². The molecule has 4 nitrogen and oxygen atoms in total. The number of carbonyl (C=O) groups excluding carboxylic acids is 1. The van der Waals surface area contributed by atoms with Gasteiger partial charge in [0, 0.05) is 12.4 Å². The molecule has 1 atom stereocenters. The molecule has 0 bridgehead atoms. The van der Waals surface area contributed by atoms with Crippen molar-refractivity contribution in [2.45, 2.75) is 44.2 Å². The van der Waals surface area contributed by atoms with Crippen molar-refractivity contribution in [2.75, 3.05) is 0 Å². The number of hydrogen-bond acceptors (Lipinski definition) is 4. The largest absolute Gasteiger partial charge is 0.461 e. The van der Waals surface area contributed by atoms with Crippen LogP contribution in [0.5, 0.6) is 0 Å². The average molecular weight is 234 g/mol. The zero-order valence-corrected chi connectivity index (χ0v) is 9.84. The molecule has 1 saturated carbocycles. The topological polar surface area (TPSA) is 65.2 Å². The Labute approximate surface area is 101 Å². The Kier molecular flexibility index (Phi) is 4.09. The lowest BCUT2D eigenvalue weighted by Gasteiger charge is -2.15. The average Bonchev–Trinajstić information content (AvgIpc) is 2.83. The first-order chi connectivity index (χ1) is 8.25. The van der Waals surface area contributed by atoms with E-state index in [9.17, 15) is 4.79 Å². The van der Waals surface area contributed by atoms with E-state index < -0.39 is 6.04 Å². The molecule has 2 rings (SSSR count). The summed E-state index contributed by atoms with van der Waals surface area (Å²) in [6.45, 7) is 0. The van der Waals surface area contributed by atoms with Crippen LogP contribution in [-0.2, 0) is 16.0 Å². The summed E-state index contributed by atoms with van der Waals surface area (Å²) in [5.41, 5.74) is 6.79. The molecule has 1 fully saturated rings. The van der Waals surface area contributed by atoms with Crippen molar-refractivity contribution in [3.05, 3.63) is 30.1 Å². The molecule has 0 unspecified atom stereocenters. The van der Waals surface area contributed by atoms with Gasteiger partial charge in [-0.3, -0.25) is 9.78 Å². The lowest BCUT2D eigenvalue weighted by atomic mass is 10.1. The number of pyridine rings is 1. The first-order valence-electron chi connectivity index (χ1n) is 6.10. The number of esters is 1. The number of nitrogens with two attached hydrogens (primary N) is 1. The highest BCUT2D eigenvalue weighted by Crippen LogP contribution is 2.21. The zero-order valence-electron chi connectivity index (χ0n) is 9.84. The molecule has 0 saturated heterocycles. The second-order valence-electron chi connectivity index (χ2n) is 4.52. The molecule has 1 aliphatic rings. The highest BCUT2D eigenvalue weighted by atomic mass is 16.5. The maximum absolute atomic E-state index is 11.7. The molecule has 17 heavy (non-hydrogen) atoms. The van der Waals surface area contributed by atoms with E-state index in [1.807, 2.05) is 12.1 Å². The van der Waals surface area contributed by atoms with Crippen LogP contribution < -0.4 is 5.73 Å². The van der Waals surface area contributed by atoms with Crippen molar-refractivity contribution in [1.82, 2.24) is 4.98 Å². The third-order valence-corrected chi connectivity index (χ3v) is 3.07. The van der Waals surface area contributed by atoms with Gasteiger partial charge in [0.1, 0.15) is 12.1 Å². The van der Waals surface area contributed by atoms with Gasteiger partial charge in [0.15, 0.2) is 0 Å². The Balaban J connectivity index is 1.82. The van der Waals surface area contributed by atoms with E-state index in [4.69, 9.17) is 10.5 Å². The number of ether oxygens (including phenoxy) is 1. The standard InChI is InChI=1S/C13H18N2O2/c14-12(8-10-4-3-7-15-9-10)13(16)17-11-5-1-2-6-11/h3-4,7,9,11-12H,1-2,5-6,8,14H2/t12-/m1/s1. The zero-order chi connectivity index (χ0) is 12.1. The van der Waals surface area contributed by atoms with Gasteiger partial charge >= 0.3 is 5.97 Å². The molecule has 1 aromatic rings. The van der Waals surface area contributed by atoms with Gasteiger partial charge in [-0.25, -0.2) is 0 Å². The quantitative estimate of drug-likeness (QED) is 0.800. The van der Waals surface area contributed by atoms with E-state index in [-0.39, 0.29) is 12.1 Å². The van der Waals surface area contributed by atoms with Crippen molar-refractivity contribution in [1.29, 1.82) is 0 Å². The van der Waals surface area contributed by atoms with Gasteiger partial charge in [-0.05, 0) is 43.7 Å². The highest BCUT2D eigenvalue weighted by molar-refractivity contribution is 5.76. The third kappa shape index (κ3) is 3.53. The van der Waals surface area contributed by atoms with Gasteiger partial charge in [0.2, 0.25) is 0 Å². The van der Waals surface area contributed by atoms with Crippen molar-refractivity contribution in [2.24, 2.45) is 5.73 Å². The molecular formula is C13H18N2O2. The molecule has 1 heterocycles. The molecule has 0 radical (unpaired) electrons. The van der Waals surface area contributed by atoms with Crippen LogP contribution in [-0.4, -0.2) is 23.1 Å². The summed E-state index contributed by atoms with van der Waals surface area (Å²) in [4.78, 5) is 15.7. The van der Waals surface area contributed by atoms with Crippen molar-refractivity contribution in [3.63, 3.8) is 0 Å². The number of carbonyl (C=O) groups is 1. The minimum absolute atomic E-state index is 0.0856.